The van der Waals surface area contributed by atoms with E-state index in [1.165, 1.54) is 7.11 Å². The van der Waals surface area contributed by atoms with E-state index in [2.05, 4.69) is 5.32 Å². The molecular formula is C19H34N2O12. The second kappa shape index (κ2) is 9.93. The van der Waals surface area contributed by atoms with Crippen LogP contribution in [0.5, 0.6) is 0 Å². The number of nitrogens with two attached hydrogens (primary N) is 1. The smallest absolute Gasteiger partial charge is 0.255 e. The average molecular weight is 482 g/mol. The third kappa shape index (κ3) is 4.17. The van der Waals surface area contributed by atoms with Crippen LogP contribution in [0, 0.1) is 5.92 Å². The fraction of sp³-hybridized carbons (Fsp3) is 0.947. The van der Waals surface area contributed by atoms with Gasteiger partial charge in [-0.25, -0.2) is 0 Å². The molecule has 0 aliphatic carbocycles. The fourth-order valence-electron chi connectivity index (χ4n) is 5.25. The van der Waals surface area contributed by atoms with Crippen LogP contribution >= 0.6 is 0 Å². The van der Waals surface area contributed by atoms with E-state index in [-0.39, 0.29) is 13.0 Å². The van der Waals surface area contributed by atoms with Crippen molar-refractivity contribution in [1.29, 1.82) is 0 Å². The summed E-state index contributed by atoms with van der Waals surface area (Å²) in [6.45, 7) is -1.66. The zero-order chi connectivity index (χ0) is 24.7. The van der Waals surface area contributed by atoms with Gasteiger partial charge in [0.2, 0.25) is 0 Å². The summed E-state index contributed by atoms with van der Waals surface area (Å²) in [5.74, 6) is -2.47. The standard InChI is InChI=1S/C19H34N2O12/c1-31-16-14(28)10(13(27)9(6-23)32-16)18(30)2-3-21-17(29)19(18)4-7(24)11(20)15(33-19)12(26)8(25)5-22/h7-16,22-28,30H,2-6,20H2,1H3,(H,21,29)/t7-,8-,9?,10+,11-,12-,13+,14?,15?,16-,18?,19-/m1/s1. The number of ether oxygens (including phenoxy) is 3. The largest absolute Gasteiger partial charge is 0.394 e. The van der Waals surface area contributed by atoms with E-state index in [1.807, 2.05) is 0 Å². The second-order valence-electron chi connectivity index (χ2n) is 8.90. The Hall–Kier alpha value is -1.01. The first-order valence-electron chi connectivity index (χ1n) is 10.7. The van der Waals surface area contributed by atoms with Gasteiger partial charge in [0, 0.05) is 20.1 Å². The van der Waals surface area contributed by atoms with Crippen LogP contribution in [-0.2, 0) is 19.0 Å². The highest BCUT2D eigenvalue weighted by Gasteiger charge is 2.70. The summed E-state index contributed by atoms with van der Waals surface area (Å²) in [5.41, 5.74) is 1.23. The number of aliphatic hydroxyl groups is 8. The van der Waals surface area contributed by atoms with Crippen molar-refractivity contribution in [1.82, 2.24) is 5.32 Å². The first kappa shape index (κ1) is 26.6. The number of carbonyl (C=O) groups is 1. The molecule has 3 saturated heterocycles. The lowest BCUT2D eigenvalue weighted by Gasteiger charge is -2.60. The van der Waals surface area contributed by atoms with Crippen molar-refractivity contribution in [2.75, 3.05) is 26.9 Å². The molecule has 3 aliphatic heterocycles. The maximum atomic E-state index is 13.2. The molecule has 14 nitrogen and oxygen atoms in total. The van der Waals surface area contributed by atoms with Crippen molar-refractivity contribution >= 4 is 5.91 Å². The topological polar surface area (TPSA) is 245 Å². The Kier molecular flexibility index (Phi) is 8.00. The molecule has 11 N–H and O–H groups in total. The van der Waals surface area contributed by atoms with E-state index in [9.17, 15) is 45.6 Å². The summed E-state index contributed by atoms with van der Waals surface area (Å²) in [4.78, 5) is 13.2. The SMILES string of the molecule is CO[C@@H]1OC(CO)[C@H](O)[C@H](C2(O)CCNC(=O)[C@]23C[C@@H](O)[C@@H](N)C([C@H](O)[C@H](O)CO)O3)C1O. The van der Waals surface area contributed by atoms with Crippen molar-refractivity contribution in [3.05, 3.63) is 0 Å². The number of amides is 1. The van der Waals surface area contributed by atoms with Crippen LogP contribution in [-0.4, -0.2) is 140 Å². The number of rotatable bonds is 6. The minimum atomic E-state index is -2.37. The Morgan fingerprint density at radius 1 is 1.24 bits per heavy atom. The summed E-state index contributed by atoms with van der Waals surface area (Å²) in [6.07, 6.45) is -13.6. The third-order valence-corrected chi connectivity index (χ3v) is 7.10. The molecule has 1 spiro atoms. The Morgan fingerprint density at radius 3 is 2.48 bits per heavy atom. The Balaban J connectivity index is 2.10. The number of hydrogen-bond donors (Lipinski definition) is 10. The van der Waals surface area contributed by atoms with Gasteiger partial charge >= 0.3 is 0 Å². The van der Waals surface area contributed by atoms with Crippen LogP contribution in [0.2, 0.25) is 0 Å². The van der Waals surface area contributed by atoms with Crippen LogP contribution in [0.4, 0.5) is 0 Å². The Labute approximate surface area is 189 Å². The number of piperidine rings is 1. The molecule has 3 fully saturated rings. The molecule has 3 rings (SSSR count). The molecule has 0 aromatic rings. The number of methoxy groups -OCH3 is 1. The van der Waals surface area contributed by atoms with E-state index < -0.39 is 97.7 Å². The van der Waals surface area contributed by atoms with E-state index >= 15 is 0 Å². The van der Waals surface area contributed by atoms with Gasteiger partial charge in [-0.3, -0.25) is 4.79 Å². The number of hydrogen-bond acceptors (Lipinski definition) is 13. The van der Waals surface area contributed by atoms with Gasteiger partial charge in [0.1, 0.15) is 36.1 Å². The lowest BCUT2D eigenvalue weighted by atomic mass is 9.61. The number of carbonyl (C=O) groups excluding carboxylic acids is 1. The molecule has 0 radical (unpaired) electrons. The third-order valence-electron chi connectivity index (χ3n) is 7.10. The van der Waals surface area contributed by atoms with Gasteiger partial charge < -0.3 is 66.1 Å². The maximum absolute atomic E-state index is 13.2. The molecule has 0 aromatic heterocycles. The molecule has 12 atom stereocenters. The number of nitrogens with one attached hydrogen (secondary N) is 1. The summed E-state index contributed by atoms with van der Waals surface area (Å²) < 4.78 is 16.3. The molecule has 0 bridgehead atoms. The lowest BCUT2D eigenvalue weighted by Crippen LogP contribution is -2.80. The molecule has 1 amide bonds. The quantitative estimate of drug-likeness (QED) is 0.170. The summed E-state index contributed by atoms with van der Waals surface area (Å²) in [7, 11) is 1.20. The first-order chi connectivity index (χ1) is 15.5. The minimum absolute atomic E-state index is 0.0900. The lowest BCUT2D eigenvalue weighted by molar-refractivity contribution is -0.341. The van der Waals surface area contributed by atoms with Crippen molar-refractivity contribution in [3.8, 4) is 0 Å². The second-order valence-corrected chi connectivity index (χ2v) is 8.90. The van der Waals surface area contributed by atoms with Gasteiger partial charge in [0.05, 0.1) is 37.4 Å². The molecule has 3 heterocycles. The highest BCUT2D eigenvalue weighted by molar-refractivity contribution is 5.88. The molecule has 14 heteroatoms. The Bertz CT molecular complexity index is 686. The summed E-state index contributed by atoms with van der Waals surface area (Å²) in [6, 6.07) is -1.31. The van der Waals surface area contributed by atoms with Gasteiger partial charge in [-0.05, 0) is 6.42 Å². The van der Waals surface area contributed by atoms with Crippen LogP contribution in [0.3, 0.4) is 0 Å². The molecule has 192 valence electrons. The minimum Gasteiger partial charge on any atom is -0.394 e. The predicted octanol–water partition coefficient (Wildman–Crippen LogP) is -6.13. The van der Waals surface area contributed by atoms with Gasteiger partial charge in [-0.15, -0.1) is 0 Å². The predicted molar refractivity (Wildman–Crippen MR) is 106 cm³/mol. The zero-order valence-electron chi connectivity index (χ0n) is 18.1. The summed E-state index contributed by atoms with van der Waals surface area (Å²) >= 11 is 0. The van der Waals surface area contributed by atoms with E-state index in [1.54, 1.807) is 0 Å². The van der Waals surface area contributed by atoms with E-state index in [0.717, 1.165) is 0 Å². The average Bonchev–Trinajstić information content (AvgIpc) is 2.79. The molecule has 0 aromatic carbocycles. The monoisotopic (exact) mass is 482 g/mol. The van der Waals surface area contributed by atoms with E-state index in [4.69, 9.17) is 19.9 Å². The van der Waals surface area contributed by atoms with E-state index in [0.29, 0.717) is 0 Å². The normalized spacial score (nSPS) is 48.4. The van der Waals surface area contributed by atoms with Crippen LogP contribution < -0.4 is 11.1 Å². The van der Waals surface area contributed by atoms with Crippen LogP contribution in [0.25, 0.3) is 0 Å². The highest BCUT2D eigenvalue weighted by Crippen LogP contribution is 2.50. The molecule has 33 heavy (non-hydrogen) atoms. The Morgan fingerprint density at radius 2 is 1.91 bits per heavy atom. The molecule has 0 saturated carbocycles. The van der Waals surface area contributed by atoms with Gasteiger partial charge in [0.15, 0.2) is 11.9 Å². The van der Waals surface area contributed by atoms with Gasteiger partial charge in [-0.1, -0.05) is 0 Å². The van der Waals surface area contributed by atoms with Crippen molar-refractivity contribution < 1.29 is 59.9 Å². The van der Waals surface area contributed by atoms with Gasteiger partial charge in [-0.2, -0.15) is 0 Å². The van der Waals surface area contributed by atoms with Gasteiger partial charge in [0.25, 0.3) is 5.91 Å². The van der Waals surface area contributed by atoms with Crippen molar-refractivity contribution in [2.24, 2.45) is 11.7 Å². The highest BCUT2D eigenvalue weighted by atomic mass is 16.7. The van der Waals surface area contributed by atoms with Crippen LogP contribution in [0.1, 0.15) is 12.8 Å². The maximum Gasteiger partial charge on any atom is 0.255 e. The molecule has 3 aliphatic rings. The van der Waals surface area contributed by atoms with Crippen molar-refractivity contribution in [2.45, 2.75) is 79.1 Å². The summed E-state index contributed by atoms with van der Waals surface area (Å²) in [5, 5.41) is 86.2. The number of aliphatic hydroxyl groups excluding tert-OH is 7. The zero-order valence-corrected chi connectivity index (χ0v) is 18.1. The fourth-order valence-corrected chi connectivity index (χ4v) is 5.25. The molecule has 4 unspecified atom stereocenters. The van der Waals surface area contributed by atoms with Crippen molar-refractivity contribution in [3.63, 3.8) is 0 Å². The first-order valence-corrected chi connectivity index (χ1v) is 10.7. The molecular weight excluding hydrogens is 448 g/mol. The van der Waals surface area contributed by atoms with Crippen LogP contribution in [0.15, 0.2) is 0 Å².